The second-order valence-corrected chi connectivity index (χ2v) is 7.80. The highest BCUT2D eigenvalue weighted by Crippen LogP contribution is 2.48. The SMILES string of the molecule is Cc1ccc(C(C)C)c(OCC(=O)NNC(=O)C2CC3CCC2C3)c1. The Morgan fingerprint density at radius 3 is 2.64 bits per heavy atom. The van der Waals surface area contributed by atoms with Gasteiger partial charge in [-0.05, 0) is 61.1 Å². The Kier molecular flexibility index (Phi) is 5.30. The molecule has 2 saturated carbocycles. The van der Waals surface area contributed by atoms with E-state index < -0.39 is 0 Å². The van der Waals surface area contributed by atoms with Crippen LogP contribution in [0.1, 0.15) is 56.6 Å². The number of carbonyl (C=O) groups is 2. The molecule has 25 heavy (non-hydrogen) atoms. The summed E-state index contributed by atoms with van der Waals surface area (Å²) in [6, 6.07) is 6.01. The molecule has 3 unspecified atom stereocenters. The average Bonchev–Trinajstić information content (AvgIpc) is 3.20. The lowest BCUT2D eigenvalue weighted by molar-refractivity contribution is -0.133. The Balaban J connectivity index is 1.47. The van der Waals surface area contributed by atoms with Crippen LogP contribution in [-0.2, 0) is 9.59 Å². The fraction of sp³-hybridized carbons (Fsp3) is 0.600. The summed E-state index contributed by atoms with van der Waals surface area (Å²) < 4.78 is 5.68. The van der Waals surface area contributed by atoms with Gasteiger partial charge in [-0.3, -0.25) is 20.4 Å². The summed E-state index contributed by atoms with van der Waals surface area (Å²) in [5, 5.41) is 0. The number of amides is 2. The number of benzene rings is 1. The molecule has 3 rings (SSSR count). The van der Waals surface area contributed by atoms with Crippen LogP contribution in [0.15, 0.2) is 18.2 Å². The molecule has 136 valence electrons. The van der Waals surface area contributed by atoms with Crippen molar-refractivity contribution in [2.45, 2.75) is 52.4 Å². The van der Waals surface area contributed by atoms with Crippen LogP contribution in [0.4, 0.5) is 0 Å². The minimum atomic E-state index is -0.340. The normalized spacial score (nSPS) is 24.4. The Morgan fingerprint density at radius 1 is 1.20 bits per heavy atom. The van der Waals surface area contributed by atoms with Crippen LogP contribution in [0.5, 0.6) is 5.75 Å². The first-order valence-electron chi connectivity index (χ1n) is 9.26. The summed E-state index contributed by atoms with van der Waals surface area (Å²) in [5.74, 6) is 1.91. The average molecular weight is 344 g/mol. The molecule has 5 nitrogen and oxygen atoms in total. The fourth-order valence-corrected chi connectivity index (χ4v) is 4.21. The maximum Gasteiger partial charge on any atom is 0.276 e. The molecule has 2 aliphatic carbocycles. The van der Waals surface area contributed by atoms with Crippen molar-refractivity contribution in [3.05, 3.63) is 29.3 Å². The summed E-state index contributed by atoms with van der Waals surface area (Å²) in [6.45, 7) is 6.06. The minimum absolute atomic E-state index is 0.0565. The van der Waals surface area contributed by atoms with Gasteiger partial charge in [0.05, 0.1) is 0 Å². The molecule has 0 aromatic heterocycles. The van der Waals surface area contributed by atoms with E-state index in [0.717, 1.165) is 29.7 Å². The Hall–Kier alpha value is -2.04. The first kappa shape index (κ1) is 17.8. The van der Waals surface area contributed by atoms with Gasteiger partial charge in [-0.15, -0.1) is 0 Å². The molecule has 5 heteroatoms. The number of ether oxygens (including phenoxy) is 1. The van der Waals surface area contributed by atoms with Crippen LogP contribution < -0.4 is 15.6 Å². The lowest BCUT2D eigenvalue weighted by Crippen LogP contribution is -2.47. The first-order chi connectivity index (χ1) is 11.9. The van der Waals surface area contributed by atoms with Crippen LogP contribution in [-0.4, -0.2) is 18.4 Å². The molecule has 2 amide bonds. The van der Waals surface area contributed by atoms with Crippen LogP contribution in [0.25, 0.3) is 0 Å². The van der Waals surface area contributed by atoms with Gasteiger partial charge in [-0.2, -0.15) is 0 Å². The number of hydrogen-bond donors (Lipinski definition) is 2. The second kappa shape index (κ2) is 7.46. The number of aryl methyl sites for hydroxylation is 1. The highest BCUT2D eigenvalue weighted by molar-refractivity contribution is 5.84. The van der Waals surface area contributed by atoms with Gasteiger partial charge in [-0.25, -0.2) is 0 Å². The van der Waals surface area contributed by atoms with E-state index in [0.29, 0.717) is 17.8 Å². The monoisotopic (exact) mass is 344 g/mol. The van der Waals surface area contributed by atoms with Crippen LogP contribution in [0, 0.1) is 24.7 Å². The Bertz CT molecular complexity index is 656. The second-order valence-electron chi connectivity index (χ2n) is 7.80. The van der Waals surface area contributed by atoms with Gasteiger partial charge in [0.1, 0.15) is 5.75 Å². The number of hydrazine groups is 1. The number of nitrogens with one attached hydrogen (secondary N) is 2. The largest absolute Gasteiger partial charge is 0.483 e. The molecular weight excluding hydrogens is 316 g/mol. The lowest BCUT2D eigenvalue weighted by Gasteiger charge is -2.21. The van der Waals surface area contributed by atoms with Crippen LogP contribution in [0.2, 0.25) is 0 Å². The molecule has 0 aliphatic heterocycles. The minimum Gasteiger partial charge on any atom is -0.483 e. The molecule has 0 radical (unpaired) electrons. The predicted octanol–water partition coefficient (Wildman–Crippen LogP) is 3.08. The van der Waals surface area contributed by atoms with E-state index in [2.05, 4.69) is 24.7 Å². The molecular formula is C20H28N2O3. The van der Waals surface area contributed by atoms with Crippen molar-refractivity contribution < 1.29 is 14.3 Å². The molecule has 1 aromatic rings. The van der Waals surface area contributed by atoms with E-state index in [4.69, 9.17) is 4.74 Å². The van der Waals surface area contributed by atoms with Crippen molar-refractivity contribution in [2.75, 3.05) is 6.61 Å². The molecule has 0 saturated heterocycles. The van der Waals surface area contributed by atoms with Gasteiger partial charge >= 0.3 is 0 Å². The van der Waals surface area contributed by atoms with Gasteiger partial charge in [0.2, 0.25) is 5.91 Å². The zero-order chi connectivity index (χ0) is 18.0. The highest BCUT2D eigenvalue weighted by Gasteiger charge is 2.43. The van der Waals surface area contributed by atoms with E-state index in [1.807, 2.05) is 25.1 Å². The molecule has 2 fully saturated rings. The summed E-state index contributed by atoms with van der Waals surface area (Å²) in [7, 11) is 0. The van der Waals surface area contributed by atoms with Crippen molar-refractivity contribution in [1.29, 1.82) is 0 Å². The van der Waals surface area contributed by atoms with E-state index in [-0.39, 0.29) is 24.3 Å². The molecule has 0 spiro atoms. The molecule has 2 N–H and O–H groups in total. The fourth-order valence-electron chi connectivity index (χ4n) is 4.21. The van der Waals surface area contributed by atoms with E-state index in [1.54, 1.807) is 0 Å². The zero-order valence-corrected chi connectivity index (χ0v) is 15.3. The van der Waals surface area contributed by atoms with Crippen molar-refractivity contribution in [3.63, 3.8) is 0 Å². The third kappa shape index (κ3) is 4.14. The Morgan fingerprint density at radius 2 is 2.00 bits per heavy atom. The van der Waals surface area contributed by atoms with Gasteiger partial charge in [0.15, 0.2) is 6.61 Å². The molecule has 3 atom stereocenters. The smallest absolute Gasteiger partial charge is 0.276 e. The molecule has 2 aliphatic rings. The molecule has 1 aromatic carbocycles. The third-order valence-electron chi connectivity index (χ3n) is 5.55. The van der Waals surface area contributed by atoms with E-state index >= 15 is 0 Å². The number of carbonyl (C=O) groups excluding carboxylic acids is 2. The topological polar surface area (TPSA) is 67.4 Å². The van der Waals surface area contributed by atoms with Gasteiger partial charge < -0.3 is 4.74 Å². The number of rotatable bonds is 5. The van der Waals surface area contributed by atoms with Crippen LogP contribution in [0.3, 0.4) is 0 Å². The first-order valence-corrected chi connectivity index (χ1v) is 9.26. The summed E-state index contributed by atoms with van der Waals surface area (Å²) in [4.78, 5) is 24.2. The lowest BCUT2D eigenvalue weighted by atomic mass is 9.88. The summed E-state index contributed by atoms with van der Waals surface area (Å²) in [6.07, 6.45) is 4.53. The van der Waals surface area contributed by atoms with E-state index in [9.17, 15) is 9.59 Å². The quantitative estimate of drug-likeness (QED) is 0.807. The van der Waals surface area contributed by atoms with Crippen molar-refractivity contribution in [2.24, 2.45) is 17.8 Å². The maximum atomic E-state index is 12.2. The van der Waals surface area contributed by atoms with Crippen molar-refractivity contribution >= 4 is 11.8 Å². The Labute approximate surface area is 149 Å². The molecule has 2 bridgehead atoms. The van der Waals surface area contributed by atoms with Crippen molar-refractivity contribution in [3.8, 4) is 5.75 Å². The maximum absolute atomic E-state index is 12.2. The zero-order valence-electron chi connectivity index (χ0n) is 15.3. The third-order valence-corrected chi connectivity index (χ3v) is 5.55. The number of hydrogen-bond acceptors (Lipinski definition) is 3. The predicted molar refractivity (Wildman–Crippen MR) is 96.0 cm³/mol. The van der Waals surface area contributed by atoms with Crippen molar-refractivity contribution in [1.82, 2.24) is 10.9 Å². The van der Waals surface area contributed by atoms with Crippen LogP contribution >= 0.6 is 0 Å². The van der Waals surface area contributed by atoms with E-state index in [1.165, 1.54) is 12.8 Å². The number of fused-ring (bicyclic) bond motifs is 2. The standard InChI is InChI=1S/C20H28N2O3/c1-12(2)16-7-4-13(3)8-18(16)25-11-19(23)21-22-20(24)17-10-14-5-6-15(17)9-14/h4,7-8,12,14-15,17H,5-6,9-11H2,1-3H3,(H,21,23)(H,22,24). The van der Waals surface area contributed by atoms with Gasteiger partial charge in [0.25, 0.3) is 5.91 Å². The van der Waals surface area contributed by atoms with Gasteiger partial charge in [-0.1, -0.05) is 32.4 Å². The molecule has 0 heterocycles. The van der Waals surface area contributed by atoms with Gasteiger partial charge in [0, 0.05) is 5.92 Å². The summed E-state index contributed by atoms with van der Waals surface area (Å²) in [5.41, 5.74) is 7.23. The summed E-state index contributed by atoms with van der Waals surface area (Å²) >= 11 is 0. The highest BCUT2D eigenvalue weighted by atomic mass is 16.5.